The van der Waals surface area contributed by atoms with Gasteiger partial charge in [0, 0.05) is 101 Å². The van der Waals surface area contributed by atoms with E-state index < -0.39 is 14.2 Å². The van der Waals surface area contributed by atoms with Crippen molar-refractivity contribution < 1.29 is 28.2 Å². The number of carbonyl (C=O) groups is 2. The highest BCUT2D eigenvalue weighted by molar-refractivity contribution is 6.62. The van der Waals surface area contributed by atoms with Crippen molar-refractivity contribution >= 4 is 58.5 Å². The smallest absolute Gasteiger partial charge is 0.407 e. The molecule has 7 rings (SSSR count). The van der Waals surface area contributed by atoms with E-state index in [1.54, 1.807) is 13.8 Å². The first-order valence-corrected chi connectivity index (χ1v) is 23.5. The molecule has 0 unspecified atom stereocenters. The Morgan fingerprint density at radius 1 is 0.576 bits per heavy atom. The van der Waals surface area contributed by atoms with E-state index in [2.05, 4.69) is 158 Å². The van der Waals surface area contributed by atoms with Crippen LogP contribution in [0.15, 0.2) is 121 Å². The SMILES string of the molecule is C=C(C)C(=O)NCCCN(Cc1ccccc1B1OCC(C)(C)CO1)Cc1cccc2cc3ccccc3c(CN(CCCNC(=O)C(=C)C)Cc3ccccc3B3OCC(C)(C)CO3)c12. The maximum atomic E-state index is 12.5. The number of nitrogens with zero attached hydrogens (tertiary/aromatic N) is 2. The van der Waals surface area contributed by atoms with E-state index in [9.17, 15) is 9.59 Å². The minimum absolute atomic E-state index is 0.0445. The topological polar surface area (TPSA) is 102 Å². The largest absolute Gasteiger partial charge is 0.494 e. The molecule has 2 saturated heterocycles. The summed E-state index contributed by atoms with van der Waals surface area (Å²) in [6.07, 6.45) is 1.51. The summed E-state index contributed by atoms with van der Waals surface area (Å²) >= 11 is 0. The third kappa shape index (κ3) is 12.9. The number of hydrogen-bond donors (Lipinski definition) is 2. The Kier molecular flexibility index (Phi) is 16.4. The van der Waals surface area contributed by atoms with E-state index in [4.69, 9.17) is 18.6 Å². The molecule has 0 aliphatic carbocycles. The lowest BCUT2D eigenvalue weighted by Gasteiger charge is -2.34. The summed E-state index contributed by atoms with van der Waals surface area (Å²) in [5.74, 6) is -0.251. The van der Waals surface area contributed by atoms with E-state index >= 15 is 0 Å². The first-order chi connectivity index (χ1) is 31.7. The van der Waals surface area contributed by atoms with Crippen LogP contribution in [0.4, 0.5) is 0 Å². The zero-order chi connectivity index (χ0) is 46.8. The van der Waals surface area contributed by atoms with E-state index in [-0.39, 0.29) is 22.6 Å². The molecule has 2 heterocycles. The van der Waals surface area contributed by atoms with Gasteiger partial charge in [-0.1, -0.05) is 132 Å². The number of rotatable bonds is 20. The number of nitrogens with one attached hydrogen (secondary N) is 2. The van der Waals surface area contributed by atoms with Crippen molar-refractivity contribution in [2.24, 2.45) is 10.8 Å². The van der Waals surface area contributed by atoms with Gasteiger partial charge in [-0.25, -0.2) is 0 Å². The molecule has 0 atom stereocenters. The van der Waals surface area contributed by atoms with Crippen molar-refractivity contribution in [3.05, 3.63) is 144 Å². The van der Waals surface area contributed by atoms with Crippen LogP contribution >= 0.6 is 0 Å². The molecule has 0 spiro atoms. The third-order valence-corrected chi connectivity index (χ3v) is 12.4. The Morgan fingerprint density at radius 3 is 1.52 bits per heavy atom. The Morgan fingerprint density at radius 2 is 1.00 bits per heavy atom. The van der Waals surface area contributed by atoms with Crippen LogP contribution in [0, 0.1) is 10.8 Å². The second kappa shape index (κ2) is 22.2. The third-order valence-electron chi connectivity index (χ3n) is 12.4. The maximum Gasteiger partial charge on any atom is 0.494 e. The minimum atomic E-state index is -0.441. The summed E-state index contributed by atoms with van der Waals surface area (Å²) in [7, 11) is -0.876. The highest BCUT2D eigenvalue weighted by Gasteiger charge is 2.36. The molecule has 10 nitrogen and oxygen atoms in total. The van der Waals surface area contributed by atoms with E-state index in [1.165, 1.54) is 32.7 Å². The molecule has 2 fully saturated rings. The molecule has 66 heavy (non-hydrogen) atoms. The Hall–Kier alpha value is -5.07. The lowest BCUT2D eigenvalue weighted by Crippen LogP contribution is -2.49. The second-order valence-electron chi connectivity index (χ2n) is 19.9. The van der Waals surface area contributed by atoms with Gasteiger partial charge in [-0.05, 0) is 87.5 Å². The monoisotopic (exact) mass is 891 g/mol. The molecule has 346 valence electrons. The summed E-state index contributed by atoms with van der Waals surface area (Å²) in [4.78, 5) is 30.0. The van der Waals surface area contributed by atoms with Gasteiger partial charge in [-0.3, -0.25) is 19.4 Å². The molecule has 5 aromatic rings. The Labute approximate surface area is 393 Å². The van der Waals surface area contributed by atoms with Crippen LogP contribution < -0.4 is 21.6 Å². The van der Waals surface area contributed by atoms with Crippen molar-refractivity contribution in [1.82, 2.24) is 20.4 Å². The summed E-state index contributed by atoms with van der Waals surface area (Å²) in [5.41, 5.74) is 7.78. The van der Waals surface area contributed by atoms with Gasteiger partial charge in [0.1, 0.15) is 0 Å². The van der Waals surface area contributed by atoms with Crippen molar-refractivity contribution in [2.45, 2.75) is 80.6 Å². The molecule has 2 amide bonds. The van der Waals surface area contributed by atoms with Gasteiger partial charge in [0.05, 0.1) is 0 Å². The molecular formula is C54H68B2N4O6. The molecule has 5 aromatic carbocycles. The van der Waals surface area contributed by atoms with Gasteiger partial charge in [-0.15, -0.1) is 0 Å². The van der Waals surface area contributed by atoms with Crippen molar-refractivity contribution in [3.63, 3.8) is 0 Å². The van der Waals surface area contributed by atoms with Crippen molar-refractivity contribution in [2.75, 3.05) is 52.6 Å². The van der Waals surface area contributed by atoms with Gasteiger partial charge in [0.25, 0.3) is 0 Å². The number of benzene rings is 5. The fraction of sp³-hybridized carbons (Fsp3) is 0.407. The summed E-state index contributed by atoms with van der Waals surface area (Å²) in [6.45, 7) is 27.5. The second-order valence-corrected chi connectivity index (χ2v) is 19.9. The average Bonchev–Trinajstić information content (AvgIpc) is 3.29. The summed E-state index contributed by atoms with van der Waals surface area (Å²) < 4.78 is 25.3. The number of fused-ring (bicyclic) bond motifs is 2. The summed E-state index contributed by atoms with van der Waals surface area (Å²) in [6, 6.07) is 34.6. The normalized spacial score (nSPS) is 15.9. The predicted molar refractivity (Wildman–Crippen MR) is 270 cm³/mol. The molecule has 2 N–H and O–H groups in total. The van der Waals surface area contributed by atoms with E-state index in [1.807, 2.05) is 0 Å². The fourth-order valence-electron chi connectivity index (χ4n) is 8.85. The quantitative estimate of drug-likeness (QED) is 0.0355. The Balaban J connectivity index is 1.25. The van der Waals surface area contributed by atoms with Crippen LogP contribution in [0.2, 0.25) is 0 Å². The van der Waals surface area contributed by atoms with Crippen LogP contribution in [0.1, 0.15) is 76.6 Å². The zero-order valence-corrected chi connectivity index (χ0v) is 40.0. The van der Waals surface area contributed by atoms with Gasteiger partial charge in [0.2, 0.25) is 11.8 Å². The van der Waals surface area contributed by atoms with Crippen molar-refractivity contribution in [3.8, 4) is 0 Å². The van der Waals surface area contributed by atoms with Gasteiger partial charge >= 0.3 is 14.2 Å². The highest BCUT2D eigenvalue weighted by Crippen LogP contribution is 2.34. The average molecular weight is 891 g/mol. The molecule has 0 saturated carbocycles. The van der Waals surface area contributed by atoms with Crippen LogP contribution in [-0.4, -0.2) is 88.5 Å². The minimum Gasteiger partial charge on any atom is -0.407 e. The van der Waals surface area contributed by atoms with Crippen LogP contribution in [0.5, 0.6) is 0 Å². The van der Waals surface area contributed by atoms with Crippen molar-refractivity contribution in [1.29, 1.82) is 0 Å². The van der Waals surface area contributed by atoms with Gasteiger partial charge < -0.3 is 29.3 Å². The fourth-order valence-corrected chi connectivity index (χ4v) is 8.85. The molecule has 2 aliphatic rings. The molecule has 0 radical (unpaired) electrons. The zero-order valence-electron chi connectivity index (χ0n) is 40.0. The predicted octanol–water partition coefficient (Wildman–Crippen LogP) is 7.70. The van der Waals surface area contributed by atoms with Crippen LogP contribution in [0.25, 0.3) is 21.5 Å². The van der Waals surface area contributed by atoms with E-state index in [0.29, 0.717) is 76.8 Å². The lowest BCUT2D eigenvalue weighted by atomic mass is 9.73. The lowest BCUT2D eigenvalue weighted by molar-refractivity contribution is -0.118. The van der Waals surface area contributed by atoms with Crippen LogP contribution in [-0.2, 0) is 54.4 Å². The van der Waals surface area contributed by atoms with Gasteiger partial charge in [-0.2, -0.15) is 0 Å². The molecule has 0 aromatic heterocycles. The number of carbonyl (C=O) groups excluding carboxylic acids is 2. The standard InChI is InChI=1S/C54H68B2N4O6/c1-39(2)51(61)57-26-16-28-59(31-43-19-10-13-24-48(43)55-63-35-53(5,6)36-64-55)33-45-22-15-21-42-30-41-18-9-12-23-46(41)47(50(42)45)34-60(29-17-27-58-52(62)40(3)4)32-44-20-11-14-25-49(44)56-65-37-54(7,8)38-66-56/h9-15,18-25,30H,1,3,16-17,26-29,31-38H2,2,4-8H3,(H,57,61)(H,58,62). The molecular weight excluding hydrogens is 822 g/mol. The first kappa shape index (κ1) is 48.9. The van der Waals surface area contributed by atoms with E-state index in [0.717, 1.165) is 48.0 Å². The van der Waals surface area contributed by atoms with Gasteiger partial charge in [0.15, 0.2) is 0 Å². The highest BCUT2D eigenvalue weighted by atomic mass is 16.6. The first-order valence-electron chi connectivity index (χ1n) is 23.5. The Bertz CT molecular complexity index is 2510. The number of amides is 2. The maximum absolute atomic E-state index is 12.5. The molecule has 0 bridgehead atoms. The molecule has 2 aliphatic heterocycles. The van der Waals surface area contributed by atoms with Crippen LogP contribution in [0.3, 0.4) is 0 Å². The molecule has 12 heteroatoms. The number of hydrogen-bond acceptors (Lipinski definition) is 8. The summed E-state index contributed by atoms with van der Waals surface area (Å²) in [5, 5.41) is 10.9.